The van der Waals surface area contributed by atoms with E-state index < -0.39 is 26.5 Å². The zero-order valence-corrected chi connectivity index (χ0v) is 12.3. The summed E-state index contributed by atoms with van der Waals surface area (Å²) in [5, 5.41) is 11.7. The largest absolute Gasteiger partial charge is 0.492 e. The second-order valence-electron chi connectivity index (χ2n) is 4.82. The Labute approximate surface area is 125 Å². The number of nitrogens with zero attached hydrogens (tertiary/aromatic N) is 1. The number of benzene rings is 1. The van der Waals surface area contributed by atoms with Gasteiger partial charge in [-0.05, 0) is 24.6 Å². The minimum Gasteiger partial charge on any atom is -0.390 e. The van der Waals surface area contributed by atoms with Gasteiger partial charge < -0.3 is 19.7 Å². The van der Waals surface area contributed by atoms with Crippen molar-refractivity contribution < 1.29 is 34.0 Å². The van der Waals surface area contributed by atoms with Gasteiger partial charge in [0.25, 0.3) is 17.7 Å². The fraction of sp³-hybridized carbons (Fsp3) is 0.250. The summed E-state index contributed by atoms with van der Waals surface area (Å²) in [5.41, 5.74) is 0.0732. The number of imide groups is 1. The Bertz CT molecular complexity index is 641. The Balaban J connectivity index is 2.01. The molecule has 0 spiro atoms. The van der Waals surface area contributed by atoms with Crippen LogP contribution < -0.4 is 5.32 Å². The minimum absolute atomic E-state index is 0.0136. The molecule has 9 nitrogen and oxygen atoms in total. The predicted octanol–water partition coefficient (Wildman–Crippen LogP) is -1.29. The smallest absolute Gasteiger partial charge is 0.390 e. The van der Waals surface area contributed by atoms with Crippen molar-refractivity contribution in [3.8, 4) is 0 Å². The molecule has 1 aromatic rings. The molecule has 0 saturated carbocycles. The molecule has 0 aromatic heterocycles. The number of amides is 3. The van der Waals surface area contributed by atoms with Crippen LogP contribution in [0.15, 0.2) is 18.2 Å². The lowest BCUT2D eigenvalue weighted by Crippen LogP contribution is -2.35. The lowest BCUT2D eigenvalue weighted by atomic mass is 10.1. The van der Waals surface area contributed by atoms with Crippen molar-refractivity contribution in [2.45, 2.75) is 12.5 Å². The van der Waals surface area contributed by atoms with Crippen LogP contribution in [-0.2, 0) is 0 Å². The van der Waals surface area contributed by atoms with Gasteiger partial charge in [-0.3, -0.25) is 19.6 Å². The number of carbonyl (C=O) groups excluding carboxylic acids is 3. The van der Waals surface area contributed by atoms with Gasteiger partial charge in [0, 0.05) is 18.2 Å². The van der Waals surface area contributed by atoms with Gasteiger partial charge in [0.15, 0.2) is 0 Å². The Hall–Kier alpha value is -2.11. The summed E-state index contributed by atoms with van der Waals surface area (Å²) >= 11 is 0. The molecule has 22 heavy (non-hydrogen) atoms. The fourth-order valence-corrected chi connectivity index (χ4v) is 2.65. The van der Waals surface area contributed by atoms with Crippen LogP contribution in [-0.4, -0.2) is 57.7 Å². The molecule has 10 heteroatoms. The summed E-state index contributed by atoms with van der Waals surface area (Å²) in [6.45, 7) is 0.103. The van der Waals surface area contributed by atoms with Crippen LogP contribution in [0, 0.1) is 0 Å². The van der Waals surface area contributed by atoms with Gasteiger partial charge in [0.05, 0.1) is 11.1 Å². The molecule has 2 rings (SSSR count). The van der Waals surface area contributed by atoms with E-state index in [2.05, 4.69) is 5.32 Å². The van der Waals surface area contributed by atoms with E-state index in [0.717, 1.165) is 0 Å². The van der Waals surface area contributed by atoms with Gasteiger partial charge >= 0.3 is 8.80 Å². The first-order valence-corrected chi connectivity index (χ1v) is 8.42. The van der Waals surface area contributed by atoms with E-state index in [1.807, 2.05) is 0 Å². The van der Waals surface area contributed by atoms with Crippen LogP contribution in [0.5, 0.6) is 0 Å². The molecule has 0 saturated heterocycles. The van der Waals surface area contributed by atoms with Crippen molar-refractivity contribution in [1.82, 2.24) is 10.4 Å². The molecule has 0 fully saturated rings. The van der Waals surface area contributed by atoms with Crippen molar-refractivity contribution in [2.24, 2.45) is 0 Å². The second-order valence-corrected chi connectivity index (χ2v) is 6.86. The van der Waals surface area contributed by atoms with E-state index in [0.29, 0.717) is 0 Å². The molecule has 1 aliphatic rings. The second kappa shape index (κ2) is 5.94. The lowest BCUT2D eigenvalue weighted by Gasteiger charge is -2.09. The molecule has 118 valence electrons. The molecule has 1 aromatic carbocycles. The van der Waals surface area contributed by atoms with E-state index in [4.69, 9.17) is 14.4 Å². The third-order valence-electron chi connectivity index (χ3n) is 3.10. The topological polar surface area (TPSA) is 147 Å². The molecule has 0 radical (unpaired) electrons. The molecule has 1 aliphatic heterocycles. The number of nitrogens with one attached hydrogen (secondary N) is 1. The van der Waals surface area contributed by atoms with E-state index in [1.165, 1.54) is 18.2 Å². The van der Waals surface area contributed by atoms with Crippen molar-refractivity contribution in [1.29, 1.82) is 0 Å². The summed E-state index contributed by atoms with van der Waals surface area (Å²) in [5.74, 6) is -2.27. The highest BCUT2D eigenvalue weighted by atomic mass is 28.4. The number of hydrogen-bond donors (Lipinski definition) is 5. The maximum absolute atomic E-state index is 11.9. The van der Waals surface area contributed by atoms with Gasteiger partial charge in [-0.1, -0.05) is 0 Å². The normalized spacial score (nSPS) is 14.3. The average Bonchev–Trinajstić information content (AvgIpc) is 2.67. The molecular formula is C12H14N2O7Si. The summed E-state index contributed by atoms with van der Waals surface area (Å²) in [6.07, 6.45) is 0.175. The first kappa shape index (κ1) is 16.3. The Morgan fingerprint density at radius 3 is 2.41 bits per heavy atom. The summed E-state index contributed by atoms with van der Waals surface area (Å²) in [7, 11) is -4.11. The van der Waals surface area contributed by atoms with Crippen LogP contribution in [0.1, 0.15) is 37.5 Å². The Kier molecular flexibility index (Phi) is 4.39. The number of hydroxylamine groups is 2. The van der Waals surface area contributed by atoms with E-state index >= 15 is 0 Å². The minimum atomic E-state index is -4.11. The zero-order valence-electron chi connectivity index (χ0n) is 11.3. The van der Waals surface area contributed by atoms with Crippen LogP contribution in [0.25, 0.3) is 0 Å². The van der Waals surface area contributed by atoms with Gasteiger partial charge in [-0.25, -0.2) is 0 Å². The van der Waals surface area contributed by atoms with Crippen molar-refractivity contribution >= 4 is 26.5 Å². The van der Waals surface area contributed by atoms with Gasteiger partial charge in [-0.15, -0.1) is 5.06 Å². The lowest BCUT2D eigenvalue weighted by molar-refractivity contribution is -0.0327. The van der Waals surface area contributed by atoms with Gasteiger partial charge in [0.1, 0.15) is 0 Å². The quantitative estimate of drug-likeness (QED) is 0.196. The maximum atomic E-state index is 11.9. The summed E-state index contributed by atoms with van der Waals surface area (Å²) in [4.78, 5) is 61.4. The monoisotopic (exact) mass is 326 g/mol. The van der Waals surface area contributed by atoms with Crippen molar-refractivity contribution in [2.75, 3.05) is 6.54 Å². The Morgan fingerprint density at radius 1 is 1.14 bits per heavy atom. The van der Waals surface area contributed by atoms with Crippen LogP contribution in [0.4, 0.5) is 0 Å². The molecule has 5 N–H and O–H groups in total. The van der Waals surface area contributed by atoms with Crippen molar-refractivity contribution in [3.05, 3.63) is 34.9 Å². The average molecular weight is 326 g/mol. The standard InChI is InChI=1S/C12H14N2O7Si/c15-10(13-4-1-5-22(19,20)21)7-2-3-8-9(6-7)12(17)14(18)11(8)16/h2-3,6,18-21H,1,4-5H2,(H,13,15). The summed E-state index contributed by atoms with van der Waals surface area (Å²) in [6, 6.07) is 3.60. The number of hydrogen-bond acceptors (Lipinski definition) is 7. The van der Waals surface area contributed by atoms with Gasteiger partial charge in [0.2, 0.25) is 0 Å². The number of rotatable bonds is 5. The van der Waals surface area contributed by atoms with Crippen LogP contribution >= 0.6 is 0 Å². The highest BCUT2D eigenvalue weighted by Crippen LogP contribution is 2.22. The molecule has 0 atom stereocenters. The maximum Gasteiger partial charge on any atom is 0.492 e. The van der Waals surface area contributed by atoms with Crippen molar-refractivity contribution in [3.63, 3.8) is 0 Å². The number of carbonyl (C=O) groups is 3. The molecule has 0 unspecified atom stereocenters. The number of fused-ring (bicyclic) bond motifs is 1. The molecular weight excluding hydrogens is 312 g/mol. The Morgan fingerprint density at radius 2 is 1.77 bits per heavy atom. The fourth-order valence-electron chi connectivity index (χ4n) is 2.00. The zero-order chi connectivity index (χ0) is 16.5. The third-order valence-corrected chi connectivity index (χ3v) is 4.13. The molecule has 1 heterocycles. The van der Waals surface area contributed by atoms with Crippen LogP contribution in [0.2, 0.25) is 6.04 Å². The first-order chi connectivity index (χ1) is 10.2. The van der Waals surface area contributed by atoms with Gasteiger partial charge in [-0.2, -0.15) is 0 Å². The van der Waals surface area contributed by atoms with E-state index in [9.17, 15) is 19.6 Å². The first-order valence-electron chi connectivity index (χ1n) is 6.38. The van der Waals surface area contributed by atoms with E-state index in [-0.39, 0.29) is 40.8 Å². The molecule has 0 bridgehead atoms. The summed E-state index contributed by atoms with van der Waals surface area (Å²) < 4.78 is 0. The molecule has 0 aliphatic carbocycles. The third kappa shape index (κ3) is 3.37. The SMILES string of the molecule is O=C(NCCC[Si](O)(O)O)c1ccc2c(c1)C(=O)N(O)C2=O. The predicted molar refractivity (Wildman–Crippen MR) is 72.9 cm³/mol. The highest BCUT2D eigenvalue weighted by molar-refractivity contribution is 6.56. The highest BCUT2D eigenvalue weighted by Gasteiger charge is 2.35. The van der Waals surface area contributed by atoms with E-state index in [1.54, 1.807) is 0 Å². The van der Waals surface area contributed by atoms with Crippen LogP contribution in [0.3, 0.4) is 0 Å². The molecule has 3 amide bonds.